The Balaban J connectivity index is 3.52. The van der Waals surface area contributed by atoms with Crippen molar-refractivity contribution in [2.24, 2.45) is 0 Å². The summed E-state index contributed by atoms with van der Waals surface area (Å²) in [6.07, 6.45) is 7.79. The summed E-state index contributed by atoms with van der Waals surface area (Å²) < 4.78 is 4.57. The molecule has 0 saturated heterocycles. The molecular weight excluding hydrogens is 259 g/mol. The molecule has 17 heavy (non-hydrogen) atoms. The second kappa shape index (κ2) is 11.2. The first-order chi connectivity index (χ1) is 8.11. The smallest absolute Gasteiger partial charge is 0.305 e. The van der Waals surface area contributed by atoms with Gasteiger partial charge in [-0.25, -0.2) is 0 Å². The van der Waals surface area contributed by atoms with Crippen molar-refractivity contribution in [3.8, 4) is 0 Å². The standard InChI is InChI=1S/C13H24Cl2O2/c1-3-4-5-6-8-11(14)12(15)9-7-10-13(16)17-2/h11-12H,3-10H2,1-2H3/t11-,12-/m1/s1. The van der Waals surface area contributed by atoms with E-state index in [2.05, 4.69) is 11.7 Å². The number of unbranched alkanes of at least 4 members (excludes halogenated alkanes) is 3. The SMILES string of the molecule is CCCCCC[C@@H](Cl)[C@H](Cl)CCCC(=O)OC. The molecule has 0 amide bonds. The Kier molecular flexibility index (Phi) is 11.2. The van der Waals surface area contributed by atoms with Gasteiger partial charge in [0.05, 0.1) is 7.11 Å². The molecule has 0 radical (unpaired) electrons. The number of rotatable bonds is 10. The maximum Gasteiger partial charge on any atom is 0.305 e. The van der Waals surface area contributed by atoms with Crippen molar-refractivity contribution in [2.75, 3.05) is 7.11 Å². The molecule has 0 aliphatic carbocycles. The highest BCUT2D eigenvalue weighted by molar-refractivity contribution is 6.29. The highest BCUT2D eigenvalue weighted by atomic mass is 35.5. The number of ether oxygens (including phenoxy) is 1. The second-order valence-electron chi connectivity index (χ2n) is 4.35. The number of halogens is 2. The normalized spacial score (nSPS) is 14.4. The summed E-state index contributed by atoms with van der Waals surface area (Å²) in [6.45, 7) is 2.19. The van der Waals surface area contributed by atoms with Crippen LogP contribution in [0.4, 0.5) is 0 Å². The van der Waals surface area contributed by atoms with E-state index >= 15 is 0 Å². The van der Waals surface area contributed by atoms with E-state index in [0.29, 0.717) is 6.42 Å². The fraction of sp³-hybridized carbons (Fsp3) is 0.923. The Morgan fingerprint density at radius 2 is 1.65 bits per heavy atom. The van der Waals surface area contributed by atoms with Crippen LogP contribution in [0.25, 0.3) is 0 Å². The topological polar surface area (TPSA) is 26.3 Å². The zero-order chi connectivity index (χ0) is 13.1. The van der Waals surface area contributed by atoms with Gasteiger partial charge in [-0.2, -0.15) is 0 Å². The van der Waals surface area contributed by atoms with E-state index in [1.165, 1.54) is 26.4 Å². The van der Waals surface area contributed by atoms with Crippen LogP contribution in [0.5, 0.6) is 0 Å². The first kappa shape index (κ1) is 17.1. The molecule has 4 heteroatoms. The predicted octanol–water partition coefficient (Wildman–Crippen LogP) is 4.51. The molecule has 0 rings (SSSR count). The fourth-order valence-corrected chi connectivity index (χ4v) is 2.23. The van der Waals surface area contributed by atoms with Crippen molar-refractivity contribution in [2.45, 2.75) is 69.0 Å². The van der Waals surface area contributed by atoms with Crippen molar-refractivity contribution in [3.63, 3.8) is 0 Å². The van der Waals surface area contributed by atoms with Crippen LogP contribution in [0.15, 0.2) is 0 Å². The number of hydrogen-bond acceptors (Lipinski definition) is 2. The number of hydrogen-bond donors (Lipinski definition) is 0. The quantitative estimate of drug-likeness (QED) is 0.335. The van der Waals surface area contributed by atoms with E-state index in [-0.39, 0.29) is 16.7 Å². The Labute approximate surface area is 115 Å². The molecule has 0 spiro atoms. The number of carbonyl (C=O) groups excluding carboxylic acids is 1. The molecule has 102 valence electrons. The van der Waals surface area contributed by atoms with E-state index < -0.39 is 0 Å². The van der Waals surface area contributed by atoms with Crippen LogP contribution in [0.3, 0.4) is 0 Å². The number of carbonyl (C=O) groups is 1. The minimum atomic E-state index is -0.178. The molecule has 0 aromatic rings. The van der Waals surface area contributed by atoms with Gasteiger partial charge in [0.2, 0.25) is 0 Å². The molecule has 0 aliphatic heterocycles. The third-order valence-corrected chi connectivity index (χ3v) is 3.99. The van der Waals surface area contributed by atoms with Crippen LogP contribution in [-0.2, 0) is 9.53 Å². The van der Waals surface area contributed by atoms with Gasteiger partial charge in [0.25, 0.3) is 0 Å². The monoisotopic (exact) mass is 282 g/mol. The summed E-state index contributed by atoms with van der Waals surface area (Å²) >= 11 is 12.4. The summed E-state index contributed by atoms with van der Waals surface area (Å²) in [5.74, 6) is -0.178. The maximum atomic E-state index is 10.9. The van der Waals surface area contributed by atoms with Gasteiger partial charge in [0.15, 0.2) is 0 Å². The zero-order valence-electron chi connectivity index (χ0n) is 10.9. The first-order valence-electron chi connectivity index (χ1n) is 6.46. The molecule has 0 fully saturated rings. The Hall–Kier alpha value is 0.0500. The lowest BCUT2D eigenvalue weighted by Crippen LogP contribution is -2.15. The lowest BCUT2D eigenvalue weighted by Gasteiger charge is -2.15. The van der Waals surface area contributed by atoms with E-state index in [0.717, 1.165) is 25.7 Å². The molecular formula is C13H24Cl2O2. The highest BCUT2D eigenvalue weighted by Gasteiger charge is 2.16. The van der Waals surface area contributed by atoms with Crippen molar-refractivity contribution >= 4 is 29.2 Å². The molecule has 0 aliphatic rings. The molecule has 0 N–H and O–H groups in total. The van der Waals surface area contributed by atoms with Crippen molar-refractivity contribution < 1.29 is 9.53 Å². The van der Waals surface area contributed by atoms with E-state index in [1.54, 1.807) is 0 Å². The van der Waals surface area contributed by atoms with Gasteiger partial charge in [-0.05, 0) is 19.3 Å². The first-order valence-corrected chi connectivity index (χ1v) is 7.34. The Morgan fingerprint density at radius 1 is 1.06 bits per heavy atom. The molecule has 2 nitrogen and oxygen atoms in total. The average Bonchev–Trinajstić information content (AvgIpc) is 2.33. The lowest BCUT2D eigenvalue weighted by molar-refractivity contribution is -0.140. The van der Waals surface area contributed by atoms with Gasteiger partial charge in [-0.1, -0.05) is 32.6 Å². The van der Waals surface area contributed by atoms with Gasteiger partial charge < -0.3 is 4.74 Å². The minimum absolute atomic E-state index is 0.0196. The summed E-state index contributed by atoms with van der Waals surface area (Å²) in [5.41, 5.74) is 0. The van der Waals surface area contributed by atoms with Crippen molar-refractivity contribution in [1.82, 2.24) is 0 Å². The number of alkyl halides is 2. The van der Waals surface area contributed by atoms with E-state index in [9.17, 15) is 4.79 Å². The second-order valence-corrected chi connectivity index (χ2v) is 5.47. The maximum absolute atomic E-state index is 10.9. The van der Waals surface area contributed by atoms with Crippen LogP contribution >= 0.6 is 23.2 Å². The molecule has 0 bridgehead atoms. The molecule has 0 saturated carbocycles. The summed E-state index contributed by atoms with van der Waals surface area (Å²) in [5, 5.41) is -0.0193. The van der Waals surface area contributed by atoms with E-state index in [1.807, 2.05) is 0 Å². The minimum Gasteiger partial charge on any atom is -0.469 e. The third-order valence-electron chi connectivity index (χ3n) is 2.81. The average molecular weight is 283 g/mol. The molecule has 0 aromatic carbocycles. The van der Waals surface area contributed by atoms with Crippen LogP contribution in [0.1, 0.15) is 58.3 Å². The van der Waals surface area contributed by atoms with Gasteiger partial charge >= 0.3 is 5.97 Å². The van der Waals surface area contributed by atoms with Gasteiger partial charge in [0.1, 0.15) is 0 Å². The molecule has 0 heterocycles. The van der Waals surface area contributed by atoms with Crippen molar-refractivity contribution in [3.05, 3.63) is 0 Å². The predicted molar refractivity (Wildman–Crippen MR) is 73.9 cm³/mol. The fourth-order valence-electron chi connectivity index (χ4n) is 1.67. The van der Waals surface area contributed by atoms with E-state index in [4.69, 9.17) is 23.2 Å². The van der Waals surface area contributed by atoms with Gasteiger partial charge in [-0.15, -0.1) is 23.2 Å². The van der Waals surface area contributed by atoms with Crippen LogP contribution in [0, 0.1) is 0 Å². The van der Waals surface area contributed by atoms with Gasteiger partial charge in [0, 0.05) is 17.2 Å². The highest BCUT2D eigenvalue weighted by Crippen LogP contribution is 2.22. The van der Waals surface area contributed by atoms with Crippen LogP contribution in [0.2, 0.25) is 0 Å². The largest absolute Gasteiger partial charge is 0.469 e. The van der Waals surface area contributed by atoms with Crippen LogP contribution in [-0.4, -0.2) is 23.8 Å². The molecule has 0 aromatic heterocycles. The Morgan fingerprint density at radius 3 is 2.18 bits per heavy atom. The van der Waals surface area contributed by atoms with Crippen LogP contribution < -0.4 is 0 Å². The van der Waals surface area contributed by atoms with Crippen molar-refractivity contribution in [1.29, 1.82) is 0 Å². The number of esters is 1. The lowest BCUT2D eigenvalue weighted by atomic mass is 10.1. The zero-order valence-corrected chi connectivity index (χ0v) is 12.4. The summed E-state index contributed by atoms with van der Waals surface area (Å²) in [6, 6.07) is 0. The summed E-state index contributed by atoms with van der Waals surface area (Å²) in [7, 11) is 1.40. The molecule has 0 unspecified atom stereocenters. The summed E-state index contributed by atoms with van der Waals surface area (Å²) in [4.78, 5) is 10.9. The molecule has 2 atom stereocenters. The third kappa shape index (κ3) is 9.72. The number of methoxy groups -OCH3 is 1. The van der Waals surface area contributed by atoms with Gasteiger partial charge in [-0.3, -0.25) is 4.79 Å². The Bertz CT molecular complexity index is 198.